The number of aryl methyl sites for hydroxylation is 1. The van der Waals surface area contributed by atoms with Crippen molar-refractivity contribution in [2.75, 3.05) is 0 Å². The van der Waals surface area contributed by atoms with Gasteiger partial charge in [0, 0.05) is 48.2 Å². The van der Waals surface area contributed by atoms with Crippen LogP contribution in [0.1, 0.15) is 92.8 Å². The Labute approximate surface area is 386 Å². The first-order valence-corrected chi connectivity index (χ1v) is 20.6. The van der Waals surface area contributed by atoms with Gasteiger partial charge in [-0.3, -0.25) is 9.55 Å². The molecule has 8 rings (SSSR count). The van der Waals surface area contributed by atoms with Gasteiger partial charge in [0.2, 0.25) is 0 Å². The van der Waals surface area contributed by atoms with Crippen molar-refractivity contribution >= 4 is 11.0 Å². The number of benzene rings is 6. The van der Waals surface area contributed by atoms with Gasteiger partial charge in [-0.05, 0) is 95.1 Å². The topological polar surface area (TPSA) is 50.9 Å². The zero-order valence-electron chi connectivity index (χ0n) is 43.3. The summed E-state index contributed by atoms with van der Waals surface area (Å²) >= 11 is 0. The summed E-state index contributed by atoms with van der Waals surface area (Å²) in [4.78, 5) is 10.3. The molecule has 4 nitrogen and oxygen atoms in total. The van der Waals surface area contributed by atoms with E-state index in [1.165, 1.54) is 5.56 Å². The minimum absolute atomic E-state index is 0. The minimum atomic E-state index is -2.82. The van der Waals surface area contributed by atoms with Gasteiger partial charge in [-0.25, -0.2) is 4.98 Å². The molecule has 0 fully saturated rings. The van der Waals surface area contributed by atoms with E-state index in [1.54, 1.807) is 18.3 Å². The fourth-order valence-corrected chi connectivity index (χ4v) is 7.96. The zero-order chi connectivity index (χ0) is 48.5. The Morgan fingerprint density at radius 1 is 0.721 bits per heavy atom. The number of para-hydroxylation sites is 1. The maximum atomic E-state index is 12.3. The number of rotatable bonds is 8. The Morgan fingerprint density at radius 3 is 2.15 bits per heavy atom. The Kier molecular flexibility index (Phi) is 9.81. The average molecular weight is 989 g/mol. The van der Waals surface area contributed by atoms with Crippen LogP contribution in [0.3, 0.4) is 0 Å². The van der Waals surface area contributed by atoms with Gasteiger partial charge in [-0.1, -0.05) is 157 Å². The third-order valence-corrected chi connectivity index (χ3v) is 11.0. The average Bonchev–Trinajstić information content (AvgIpc) is 3.65. The van der Waals surface area contributed by atoms with Crippen LogP contribution in [0.15, 0.2) is 133 Å². The van der Waals surface area contributed by atoms with Crippen molar-refractivity contribution in [3.8, 4) is 67.5 Å². The van der Waals surface area contributed by atoms with Crippen molar-refractivity contribution in [3.05, 3.63) is 167 Å². The summed E-state index contributed by atoms with van der Waals surface area (Å²) in [6.07, 6.45) is 2.47. The van der Waals surface area contributed by atoms with Crippen molar-refractivity contribution in [1.82, 2.24) is 14.5 Å². The molecule has 0 spiro atoms. The summed E-state index contributed by atoms with van der Waals surface area (Å²) in [5.41, 5.74) is 10.9. The van der Waals surface area contributed by atoms with E-state index in [4.69, 9.17) is 19.6 Å². The molecule has 0 aliphatic carbocycles. The first kappa shape index (κ1) is 35.1. The van der Waals surface area contributed by atoms with E-state index in [1.807, 2.05) is 43.3 Å². The molecule has 0 saturated heterocycles. The van der Waals surface area contributed by atoms with Crippen molar-refractivity contribution in [2.45, 2.75) is 86.4 Å². The summed E-state index contributed by atoms with van der Waals surface area (Å²) in [6.45, 7) is 16.4. The second-order valence-electron chi connectivity index (χ2n) is 18.3. The maximum absolute atomic E-state index is 12.3. The van der Waals surface area contributed by atoms with Gasteiger partial charge in [0.1, 0.15) is 11.6 Å². The molecular weight excluding hydrogens is 926 g/mol. The number of hydrogen-bond donors (Lipinski definition) is 1. The van der Waals surface area contributed by atoms with E-state index in [9.17, 15) is 5.11 Å². The van der Waals surface area contributed by atoms with E-state index in [-0.39, 0.29) is 43.2 Å². The summed E-state index contributed by atoms with van der Waals surface area (Å²) in [5, 5.41) is 12.3. The zero-order valence-corrected chi connectivity index (χ0v) is 38.6. The van der Waals surface area contributed by atoms with Crippen LogP contribution >= 0.6 is 0 Å². The molecule has 0 aliphatic heterocycles. The Balaban J connectivity index is 0.00000684. The molecule has 312 valence electrons. The number of aromatic nitrogens is 3. The van der Waals surface area contributed by atoms with E-state index >= 15 is 0 Å². The second kappa shape index (κ2) is 17.1. The molecule has 0 radical (unpaired) electrons. The summed E-state index contributed by atoms with van der Waals surface area (Å²) in [5.74, 6) is 1.23. The molecule has 0 aliphatic rings. The largest absolute Gasteiger partial charge is 0.507 e. The minimum Gasteiger partial charge on any atom is -0.507 e. The number of aromatic hydroxyl groups is 1. The number of hydrogen-bond acceptors (Lipinski definition) is 3. The molecule has 0 bridgehead atoms. The van der Waals surface area contributed by atoms with Crippen LogP contribution in [0.25, 0.3) is 72.7 Å². The van der Waals surface area contributed by atoms with E-state index in [0.29, 0.717) is 39.6 Å². The van der Waals surface area contributed by atoms with Gasteiger partial charge in [0.15, 0.2) is 0 Å². The maximum Gasteiger partial charge on any atom is 0.148 e. The number of fused-ring (bicyclic) bond motifs is 1. The summed E-state index contributed by atoms with van der Waals surface area (Å²) in [6, 6.07) is 36.2. The molecule has 0 amide bonds. The van der Waals surface area contributed by atoms with Crippen LogP contribution in [0.4, 0.5) is 0 Å². The van der Waals surface area contributed by atoms with E-state index in [0.717, 1.165) is 56.6 Å². The molecular formula is C56H56N3OPt-. The van der Waals surface area contributed by atoms with Gasteiger partial charge in [0.05, 0.1) is 27.8 Å². The smallest absolute Gasteiger partial charge is 0.148 e. The molecule has 8 aromatic rings. The third-order valence-electron chi connectivity index (χ3n) is 11.0. The standard InChI is InChI=1S/C56H56N3O.Pt/c1-35(2)27-38-21-24-50(46(30-38)40-15-12-11-13-16-40)59-51-18-14-17-45(52(51)58-54(59)47-28-37(4)29-48(53(47)60)56(8,9)10)42-31-43(33-44(32-42)55(5,6)7)49-34-41(25-26-57-49)39-22-19-36(3)20-23-39;/h11-26,28-30,32-35,60H,27H2,1-10H3;/q-1;/i3D3,19D,20D,22D,23D;. The molecule has 0 saturated carbocycles. The summed E-state index contributed by atoms with van der Waals surface area (Å²) in [7, 11) is 0. The van der Waals surface area contributed by atoms with Crippen LogP contribution in [0.5, 0.6) is 5.75 Å². The molecule has 2 heterocycles. The van der Waals surface area contributed by atoms with Crippen LogP contribution in [0.2, 0.25) is 0 Å². The molecule has 5 heteroatoms. The van der Waals surface area contributed by atoms with Gasteiger partial charge >= 0.3 is 0 Å². The van der Waals surface area contributed by atoms with Gasteiger partial charge in [-0.2, -0.15) is 0 Å². The fraction of sp³-hybridized carbons (Fsp3) is 0.250. The molecule has 0 unspecified atom stereocenters. The van der Waals surface area contributed by atoms with E-state index < -0.39 is 36.6 Å². The summed E-state index contributed by atoms with van der Waals surface area (Å²) < 4.78 is 60.6. The van der Waals surface area contributed by atoms with Crippen molar-refractivity contribution in [3.63, 3.8) is 0 Å². The SMILES string of the molecule is [2H]c1c([2H])c(C([2H])([2H])[2H])c([2H])c([2H])c1-c1ccnc(-c2[c-]c(-c3cccc4c3nc(-c3cc(C)cc(C(C)(C)C)c3O)n4-c3ccc(CC(C)C)cc3-c3ccccc3)cc(C(C)(C)C)c2)c1.[Pt]. The monoisotopic (exact) mass is 988 g/mol. The fourth-order valence-electron chi connectivity index (χ4n) is 7.96. The molecule has 6 aromatic carbocycles. The quantitative estimate of drug-likeness (QED) is 0.154. The first-order valence-electron chi connectivity index (χ1n) is 24.1. The third kappa shape index (κ3) is 8.93. The Morgan fingerprint density at radius 2 is 1.46 bits per heavy atom. The van der Waals surface area contributed by atoms with Crippen LogP contribution in [0, 0.1) is 25.8 Å². The number of imidazole rings is 1. The normalized spacial score (nSPS) is 13.8. The van der Waals surface area contributed by atoms with Crippen LogP contribution < -0.4 is 0 Å². The van der Waals surface area contributed by atoms with Crippen molar-refractivity contribution in [2.24, 2.45) is 5.92 Å². The Hall–Kier alpha value is -5.57. The predicted octanol–water partition coefficient (Wildman–Crippen LogP) is 14.7. The second-order valence-corrected chi connectivity index (χ2v) is 18.3. The van der Waals surface area contributed by atoms with E-state index in [2.05, 4.69) is 121 Å². The number of phenolic OH excluding ortho intramolecular Hbond substituents is 1. The van der Waals surface area contributed by atoms with Crippen molar-refractivity contribution < 1.29 is 35.8 Å². The van der Waals surface area contributed by atoms with Gasteiger partial charge < -0.3 is 5.11 Å². The predicted molar refractivity (Wildman–Crippen MR) is 252 cm³/mol. The number of phenols is 1. The van der Waals surface area contributed by atoms with Crippen LogP contribution in [-0.2, 0) is 38.3 Å². The van der Waals surface area contributed by atoms with Gasteiger partial charge in [-0.15, -0.1) is 29.3 Å². The van der Waals surface area contributed by atoms with Crippen molar-refractivity contribution in [1.29, 1.82) is 0 Å². The molecule has 1 N–H and O–H groups in total. The molecule has 2 aromatic heterocycles. The first-order chi connectivity index (χ1) is 31.4. The van der Waals surface area contributed by atoms with Crippen LogP contribution in [-0.4, -0.2) is 19.6 Å². The molecule has 61 heavy (non-hydrogen) atoms. The molecule has 0 atom stereocenters. The number of pyridine rings is 1. The van der Waals surface area contributed by atoms with Gasteiger partial charge in [0.25, 0.3) is 0 Å². The Bertz CT molecular complexity index is 3190. The number of nitrogens with zero attached hydrogens (tertiary/aromatic N) is 3.